The van der Waals surface area contributed by atoms with Crippen molar-refractivity contribution < 1.29 is 42.4 Å². The van der Waals surface area contributed by atoms with E-state index in [4.69, 9.17) is 37.6 Å². The Hall–Kier alpha value is -1.02. The lowest BCUT2D eigenvalue weighted by Crippen LogP contribution is -2.47. The molecule has 1 unspecified atom stereocenters. The average molecular weight is 935 g/mol. The third kappa shape index (κ3) is 19.2. The van der Waals surface area contributed by atoms with Crippen molar-refractivity contribution in [2.75, 3.05) is 27.8 Å². The zero-order valence-corrected chi connectivity index (χ0v) is 44.0. The van der Waals surface area contributed by atoms with Crippen LogP contribution in [-0.2, 0) is 42.4 Å². The fraction of sp³-hybridized carbons (Fsp3) is 0.868. The topological polar surface area (TPSA) is 90.9 Å². The summed E-state index contributed by atoms with van der Waals surface area (Å²) in [5, 5.41) is 0.160. The van der Waals surface area contributed by atoms with E-state index in [0.717, 1.165) is 101 Å². The Morgan fingerprint density at radius 1 is 0.703 bits per heavy atom. The molecular formula is C53H94O9SSi. The van der Waals surface area contributed by atoms with Gasteiger partial charge >= 0.3 is 5.97 Å². The van der Waals surface area contributed by atoms with Gasteiger partial charge in [0, 0.05) is 25.5 Å². The first-order valence-corrected chi connectivity index (χ1v) is 29.7. The third-order valence-corrected chi connectivity index (χ3v) is 20.5. The summed E-state index contributed by atoms with van der Waals surface area (Å²) >= 11 is 1.69. The quantitative estimate of drug-likeness (QED) is 0.0284. The average Bonchev–Trinajstić information content (AvgIpc) is 4.02. The number of ether oxygens (including phenoxy) is 7. The normalized spacial score (nSPS) is 25.5. The van der Waals surface area contributed by atoms with E-state index in [1.165, 1.54) is 64.2 Å². The summed E-state index contributed by atoms with van der Waals surface area (Å²) in [6.45, 7) is 16.6. The van der Waals surface area contributed by atoms with Crippen molar-refractivity contribution in [3.8, 4) is 0 Å². The van der Waals surface area contributed by atoms with Gasteiger partial charge in [0.25, 0.3) is 0 Å². The number of hydrogen-bond donors (Lipinski definition) is 0. The number of carbonyl (C=O) groups is 1. The van der Waals surface area contributed by atoms with Crippen LogP contribution in [0.1, 0.15) is 195 Å². The molecule has 3 saturated heterocycles. The number of benzene rings is 1. The highest BCUT2D eigenvalue weighted by atomic mass is 32.2. The van der Waals surface area contributed by atoms with Crippen LogP contribution < -0.4 is 0 Å². The van der Waals surface area contributed by atoms with Gasteiger partial charge in [-0.3, -0.25) is 4.79 Å². The Balaban J connectivity index is 1.22. The van der Waals surface area contributed by atoms with E-state index in [0.29, 0.717) is 0 Å². The maximum absolute atomic E-state index is 13.0. The lowest BCUT2D eigenvalue weighted by atomic mass is 9.95. The van der Waals surface area contributed by atoms with Gasteiger partial charge in [-0.2, -0.15) is 0 Å². The number of carbonyl (C=O) groups excluding carboxylic acids is 1. The molecule has 11 heteroatoms. The summed E-state index contributed by atoms with van der Waals surface area (Å²) in [6.07, 6.45) is 28.7. The van der Waals surface area contributed by atoms with Gasteiger partial charge < -0.3 is 37.6 Å². The molecule has 3 aliphatic rings. The number of esters is 1. The van der Waals surface area contributed by atoms with Crippen LogP contribution in [0.3, 0.4) is 0 Å². The summed E-state index contributed by atoms with van der Waals surface area (Å²) in [4.78, 5) is 14.2. The minimum Gasteiger partial charge on any atom is -0.462 e. The highest BCUT2D eigenvalue weighted by Crippen LogP contribution is 2.46. The van der Waals surface area contributed by atoms with Crippen LogP contribution in [0.15, 0.2) is 35.2 Å². The van der Waals surface area contributed by atoms with Gasteiger partial charge in [0.15, 0.2) is 8.32 Å². The highest BCUT2D eigenvalue weighted by molar-refractivity contribution is 8.01. The maximum atomic E-state index is 13.0. The summed E-state index contributed by atoms with van der Waals surface area (Å²) in [5.74, 6) is -0.0513. The van der Waals surface area contributed by atoms with E-state index < -0.39 is 13.1 Å². The molecule has 0 aromatic heterocycles. The standard InChI is InChI=1S/C53H94O9SSi/c1-10-11-12-13-14-15-16-17-20-26-31-50(62-64(8,9)52(3,4)5)49-37-36-48(61-49)47-35-34-46(60-47)45(58-41-56-7)33-32-43(57-40-55-6)28-23-19-18-21-27-38-53(39-42(2)59-51(53)54)63-44-29-24-22-25-30-44/h22,24-25,29-30,42-43,45-50H,10-21,23,26-28,31-41H2,1-9H3/t42-,43+,45+,46+,47+,48+,49+,50+,53?/m0/s1. The smallest absolute Gasteiger partial charge is 0.322 e. The molecule has 3 aliphatic heterocycles. The van der Waals surface area contributed by atoms with Gasteiger partial charge in [0.05, 0.1) is 42.7 Å². The van der Waals surface area contributed by atoms with E-state index in [1.807, 2.05) is 25.1 Å². The molecule has 0 radical (unpaired) electrons. The van der Waals surface area contributed by atoms with Crippen LogP contribution in [0.4, 0.5) is 0 Å². The second-order valence-electron chi connectivity index (χ2n) is 21.0. The maximum Gasteiger partial charge on any atom is 0.322 e. The number of hydrogen-bond acceptors (Lipinski definition) is 10. The molecule has 0 aliphatic carbocycles. The van der Waals surface area contributed by atoms with Gasteiger partial charge in [-0.05, 0) is 95.0 Å². The zero-order chi connectivity index (χ0) is 46.3. The number of methoxy groups -OCH3 is 2. The molecule has 9 atom stereocenters. The Kier molecular flexibility index (Phi) is 25.9. The molecule has 0 N–H and O–H groups in total. The van der Waals surface area contributed by atoms with Gasteiger partial charge in [0.2, 0.25) is 0 Å². The van der Waals surface area contributed by atoms with E-state index in [-0.39, 0.29) is 73.4 Å². The third-order valence-electron chi connectivity index (χ3n) is 14.6. The Bertz CT molecular complexity index is 1380. The number of rotatable bonds is 35. The molecule has 0 bridgehead atoms. The van der Waals surface area contributed by atoms with Gasteiger partial charge in [-0.15, -0.1) is 11.8 Å². The lowest BCUT2D eigenvalue weighted by molar-refractivity contribution is -0.149. The molecule has 0 saturated carbocycles. The molecule has 370 valence electrons. The lowest BCUT2D eigenvalue weighted by Gasteiger charge is -2.41. The molecule has 1 aromatic rings. The minimum absolute atomic E-state index is 0.000261. The molecule has 0 amide bonds. The van der Waals surface area contributed by atoms with Gasteiger partial charge in [-0.25, -0.2) is 0 Å². The molecule has 3 fully saturated rings. The van der Waals surface area contributed by atoms with Crippen molar-refractivity contribution in [2.45, 2.75) is 272 Å². The van der Waals surface area contributed by atoms with Gasteiger partial charge in [0.1, 0.15) is 24.4 Å². The monoisotopic (exact) mass is 935 g/mol. The molecule has 3 heterocycles. The first-order valence-electron chi connectivity index (χ1n) is 26.0. The molecule has 64 heavy (non-hydrogen) atoms. The SMILES string of the molecule is CCCCCCCCCCCC[C@@H](O[Si](C)(C)C(C)(C)C)[C@H]1CC[C@H]([C@H]2CC[C@H]([C@@H](CC[C@@H](CCCCCCCC3(Sc4ccccc4)C[C@H](C)OC3=O)OCOC)OCOC)O2)O1. The van der Waals surface area contributed by atoms with Gasteiger partial charge in [-0.1, -0.05) is 142 Å². The van der Waals surface area contributed by atoms with Crippen molar-refractivity contribution in [3.05, 3.63) is 30.3 Å². The van der Waals surface area contributed by atoms with E-state index in [9.17, 15) is 4.79 Å². The van der Waals surface area contributed by atoms with Crippen molar-refractivity contribution >= 4 is 26.0 Å². The molecule has 0 spiro atoms. The molecular weight excluding hydrogens is 841 g/mol. The zero-order valence-electron chi connectivity index (χ0n) is 42.2. The fourth-order valence-electron chi connectivity index (χ4n) is 9.78. The summed E-state index contributed by atoms with van der Waals surface area (Å²) in [6, 6.07) is 10.3. The summed E-state index contributed by atoms with van der Waals surface area (Å²) in [5.41, 5.74) is 0. The summed E-state index contributed by atoms with van der Waals surface area (Å²) in [7, 11) is 1.41. The van der Waals surface area contributed by atoms with Crippen molar-refractivity contribution in [1.82, 2.24) is 0 Å². The van der Waals surface area contributed by atoms with Crippen LogP contribution in [0.2, 0.25) is 18.1 Å². The first-order chi connectivity index (χ1) is 30.8. The molecule has 1 aromatic carbocycles. The number of cyclic esters (lactones) is 1. The van der Waals surface area contributed by atoms with Crippen LogP contribution in [-0.4, -0.2) is 95.7 Å². The van der Waals surface area contributed by atoms with E-state index in [1.54, 1.807) is 26.0 Å². The summed E-state index contributed by atoms with van der Waals surface area (Å²) < 4.78 is 49.5. The first kappa shape index (κ1) is 55.6. The predicted molar refractivity (Wildman–Crippen MR) is 265 cm³/mol. The van der Waals surface area contributed by atoms with E-state index in [2.05, 4.69) is 52.9 Å². The predicted octanol–water partition coefficient (Wildman–Crippen LogP) is 14.1. The Labute approximate surface area is 396 Å². The van der Waals surface area contributed by atoms with E-state index >= 15 is 0 Å². The molecule has 9 nitrogen and oxygen atoms in total. The van der Waals surface area contributed by atoms with Crippen LogP contribution in [0.25, 0.3) is 0 Å². The van der Waals surface area contributed by atoms with Crippen LogP contribution >= 0.6 is 11.8 Å². The Morgan fingerprint density at radius 2 is 1.25 bits per heavy atom. The van der Waals surface area contributed by atoms with Crippen LogP contribution in [0.5, 0.6) is 0 Å². The van der Waals surface area contributed by atoms with Crippen molar-refractivity contribution in [2.24, 2.45) is 0 Å². The van der Waals surface area contributed by atoms with Crippen LogP contribution in [0, 0.1) is 0 Å². The number of thioether (sulfide) groups is 1. The fourth-order valence-corrected chi connectivity index (χ4v) is 12.6. The molecule has 4 rings (SSSR count). The van der Waals surface area contributed by atoms with Crippen molar-refractivity contribution in [1.29, 1.82) is 0 Å². The highest BCUT2D eigenvalue weighted by Gasteiger charge is 2.48. The number of unbranched alkanes of at least 4 members (excludes halogenated alkanes) is 13. The second kappa shape index (κ2) is 29.8. The largest absolute Gasteiger partial charge is 0.462 e. The van der Waals surface area contributed by atoms with Crippen molar-refractivity contribution in [3.63, 3.8) is 0 Å². The Morgan fingerprint density at radius 3 is 1.81 bits per heavy atom. The minimum atomic E-state index is -1.96. The second-order valence-corrected chi connectivity index (χ2v) is 27.2.